The number of amides is 1. The SMILES string of the molecule is Cc1cc(C)n(C(C)C(=O)Nc2cncnc2N(C)C)n1. The molecule has 1 unspecified atom stereocenters. The number of nitrogens with zero attached hydrogens (tertiary/aromatic N) is 5. The second-order valence-electron chi connectivity index (χ2n) is 5.19. The van der Waals surface area contributed by atoms with E-state index in [-0.39, 0.29) is 5.91 Å². The molecule has 1 N–H and O–H groups in total. The van der Waals surface area contributed by atoms with Gasteiger partial charge in [0.1, 0.15) is 18.1 Å². The molecule has 0 spiro atoms. The minimum absolute atomic E-state index is 0.154. The Morgan fingerprint density at radius 3 is 2.67 bits per heavy atom. The average molecular weight is 288 g/mol. The first kappa shape index (κ1) is 15.0. The summed E-state index contributed by atoms with van der Waals surface area (Å²) < 4.78 is 1.71. The molecular formula is C14H20N6O. The number of nitrogens with one attached hydrogen (secondary N) is 1. The summed E-state index contributed by atoms with van der Waals surface area (Å²) >= 11 is 0. The van der Waals surface area contributed by atoms with Gasteiger partial charge in [0.05, 0.1) is 11.9 Å². The fourth-order valence-corrected chi connectivity index (χ4v) is 2.15. The molecule has 7 nitrogen and oxygen atoms in total. The van der Waals surface area contributed by atoms with Crippen molar-refractivity contribution in [3.63, 3.8) is 0 Å². The molecule has 2 heterocycles. The predicted octanol–water partition coefficient (Wildman–Crippen LogP) is 1.56. The Bertz CT molecular complexity index is 649. The fraction of sp³-hybridized carbons (Fsp3) is 0.429. The lowest BCUT2D eigenvalue weighted by molar-refractivity contribution is -0.119. The summed E-state index contributed by atoms with van der Waals surface area (Å²) in [6.45, 7) is 5.65. The van der Waals surface area contributed by atoms with Crippen LogP contribution >= 0.6 is 0 Å². The van der Waals surface area contributed by atoms with Crippen LogP contribution in [0.5, 0.6) is 0 Å². The molecule has 7 heteroatoms. The van der Waals surface area contributed by atoms with E-state index in [1.807, 2.05) is 45.8 Å². The highest BCUT2D eigenvalue weighted by Gasteiger charge is 2.19. The molecule has 0 aromatic carbocycles. The molecule has 0 aliphatic heterocycles. The fourth-order valence-electron chi connectivity index (χ4n) is 2.15. The maximum atomic E-state index is 12.4. The third-order valence-electron chi connectivity index (χ3n) is 3.16. The van der Waals surface area contributed by atoms with E-state index in [1.54, 1.807) is 10.9 Å². The van der Waals surface area contributed by atoms with Gasteiger partial charge in [0.2, 0.25) is 5.91 Å². The number of rotatable bonds is 4. The Labute approximate surface area is 124 Å². The van der Waals surface area contributed by atoms with Gasteiger partial charge < -0.3 is 10.2 Å². The first-order chi connectivity index (χ1) is 9.90. The molecular weight excluding hydrogens is 268 g/mol. The van der Waals surface area contributed by atoms with Gasteiger partial charge in [0.25, 0.3) is 0 Å². The van der Waals surface area contributed by atoms with E-state index in [0.717, 1.165) is 11.4 Å². The Morgan fingerprint density at radius 2 is 2.10 bits per heavy atom. The van der Waals surface area contributed by atoms with Gasteiger partial charge in [-0.1, -0.05) is 0 Å². The summed E-state index contributed by atoms with van der Waals surface area (Å²) in [6, 6.07) is 1.54. The van der Waals surface area contributed by atoms with E-state index in [9.17, 15) is 4.79 Å². The molecule has 0 fully saturated rings. The summed E-state index contributed by atoms with van der Waals surface area (Å²) in [5.74, 6) is 0.512. The smallest absolute Gasteiger partial charge is 0.249 e. The molecule has 0 saturated carbocycles. The molecule has 1 amide bonds. The van der Waals surface area contributed by atoms with Crippen molar-refractivity contribution in [3.8, 4) is 0 Å². The lowest BCUT2D eigenvalue weighted by atomic mass is 10.3. The molecule has 1 atom stereocenters. The van der Waals surface area contributed by atoms with Gasteiger partial charge in [0, 0.05) is 19.8 Å². The van der Waals surface area contributed by atoms with Gasteiger partial charge in [-0.05, 0) is 26.8 Å². The van der Waals surface area contributed by atoms with Gasteiger partial charge in [-0.2, -0.15) is 5.10 Å². The third-order valence-corrected chi connectivity index (χ3v) is 3.16. The van der Waals surface area contributed by atoms with E-state index in [1.165, 1.54) is 6.33 Å². The number of hydrogen-bond donors (Lipinski definition) is 1. The lowest BCUT2D eigenvalue weighted by Crippen LogP contribution is -2.26. The number of carbonyl (C=O) groups is 1. The van der Waals surface area contributed by atoms with Crippen molar-refractivity contribution in [2.24, 2.45) is 0 Å². The Hall–Kier alpha value is -2.44. The largest absolute Gasteiger partial charge is 0.361 e. The maximum absolute atomic E-state index is 12.4. The summed E-state index contributed by atoms with van der Waals surface area (Å²) in [5, 5.41) is 7.20. The normalized spacial score (nSPS) is 12.0. The van der Waals surface area contributed by atoms with Crippen molar-refractivity contribution in [3.05, 3.63) is 30.0 Å². The highest BCUT2D eigenvalue weighted by Crippen LogP contribution is 2.21. The van der Waals surface area contributed by atoms with Crippen LogP contribution in [0, 0.1) is 13.8 Å². The summed E-state index contributed by atoms with van der Waals surface area (Å²) in [6.07, 6.45) is 3.05. The molecule has 2 aromatic rings. The molecule has 0 aliphatic carbocycles. The number of anilines is 2. The molecule has 112 valence electrons. The van der Waals surface area contributed by atoms with Gasteiger partial charge in [-0.25, -0.2) is 9.97 Å². The van der Waals surface area contributed by atoms with Gasteiger partial charge in [-0.15, -0.1) is 0 Å². The van der Waals surface area contributed by atoms with Crippen LogP contribution in [-0.2, 0) is 4.79 Å². The maximum Gasteiger partial charge on any atom is 0.249 e. The van der Waals surface area contributed by atoms with Crippen LogP contribution in [0.3, 0.4) is 0 Å². The van der Waals surface area contributed by atoms with Gasteiger partial charge in [-0.3, -0.25) is 9.48 Å². The van der Waals surface area contributed by atoms with E-state index in [4.69, 9.17) is 0 Å². The first-order valence-corrected chi connectivity index (χ1v) is 6.71. The lowest BCUT2D eigenvalue weighted by Gasteiger charge is -2.18. The summed E-state index contributed by atoms with van der Waals surface area (Å²) in [7, 11) is 3.73. The first-order valence-electron chi connectivity index (χ1n) is 6.71. The topological polar surface area (TPSA) is 75.9 Å². The summed E-state index contributed by atoms with van der Waals surface area (Å²) in [5.41, 5.74) is 2.43. The monoisotopic (exact) mass is 288 g/mol. The highest BCUT2D eigenvalue weighted by atomic mass is 16.2. The number of hydrogen-bond acceptors (Lipinski definition) is 5. The minimum atomic E-state index is -0.408. The van der Waals surface area contributed by atoms with Crippen LogP contribution in [-0.4, -0.2) is 39.8 Å². The second-order valence-corrected chi connectivity index (χ2v) is 5.19. The predicted molar refractivity (Wildman–Crippen MR) is 81.4 cm³/mol. The van der Waals surface area contributed by atoms with Crippen LogP contribution in [0.15, 0.2) is 18.6 Å². The van der Waals surface area contributed by atoms with E-state index < -0.39 is 6.04 Å². The molecule has 21 heavy (non-hydrogen) atoms. The van der Waals surface area contributed by atoms with Crippen LogP contribution < -0.4 is 10.2 Å². The van der Waals surface area contributed by atoms with Crippen molar-refractivity contribution in [2.75, 3.05) is 24.3 Å². The van der Waals surface area contributed by atoms with Crippen LogP contribution in [0.4, 0.5) is 11.5 Å². The van der Waals surface area contributed by atoms with Gasteiger partial charge in [0.15, 0.2) is 5.82 Å². The molecule has 0 radical (unpaired) electrons. The van der Waals surface area contributed by atoms with E-state index >= 15 is 0 Å². The van der Waals surface area contributed by atoms with Crippen molar-refractivity contribution >= 4 is 17.4 Å². The number of aryl methyl sites for hydroxylation is 2. The Morgan fingerprint density at radius 1 is 1.38 bits per heavy atom. The minimum Gasteiger partial charge on any atom is -0.361 e. The average Bonchev–Trinajstić information content (AvgIpc) is 2.77. The molecule has 0 bridgehead atoms. The molecule has 2 rings (SSSR count). The highest BCUT2D eigenvalue weighted by molar-refractivity contribution is 5.95. The molecule has 0 aliphatic rings. The van der Waals surface area contributed by atoms with Crippen molar-refractivity contribution in [2.45, 2.75) is 26.8 Å². The third kappa shape index (κ3) is 3.18. The van der Waals surface area contributed by atoms with Crippen molar-refractivity contribution in [1.29, 1.82) is 0 Å². The number of carbonyl (C=O) groups excluding carboxylic acids is 1. The standard InChI is InChI=1S/C14H20N6O/c1-9-6-10(2)20(18-9)11(3)14(21)17-12-7-15-8-16-13(12)19(4)5/h6-8,11H,1-5H3,(H,17,21). The van der Waals surface area contributed by atoms with Crippen molar-refractivity contribution < 1.29 is 4.79 Å². The van der Waals surface area contributed by atoms with Crippen LogP contribution in [0.2, 0.25) is 0 Å². The Kier molecular flexibility index (Phi) is 4.21. The molecule has 2 aromatic heterocycles. The van der Waals surface area contributed by atoms with E-state index in [2.05, 4.69) is 20.4 Å². The van der Waals surface area contributed by atoms with E-state index in [0.29, 0.717) is 11.5 Å². The Balaban J connectivity index is 2.20. The zero-order chi connectivity index (χ0) is 15.6. The molecule has 0 saturated heterocycles. The van der Waals surface area contributed by atoms with Gasteiger partial charge >= 0.3 is 0 Å². The van der Waals surface area contributed by atoms with Crippen LogP contribution in [0.1, 0.15) is 24.4 Å². The summed E-state index contributed by atoms with van der Waals surface area (Å²) in [4.78, 5) is 22.4. The second kappa shape index (κ2) is 5.90. The number of aromatic nitrogens is 4. The zero-order valence-electron chi connectivity index (χ0n) is 13.0. The zero-order valence-corrected chi connectivity index (χ0v) is 13.0. The van der Waals surface area contributed by atoms with Crippen molar-refractivity contribution in [1.82, 2.24) is 19.7 Å². The van der Waals surface area contributed by atoms with Crippen LogP contribution in [0.25, 0.3) is 0 Å². The quantitative estimate of drug-likeness (QED) is 0.924.